The minimum Gasteiger partial charge on any atom is -0.381 e. The molecule has 1 atom stereocenters. The number of aromatic nitrogens is 2. The zero-order valence-corrected chi connectivity index (χ0v) is 9.50. The van der Waals surface area contributed by atoms with Crippen molar-refractivity contribution in [2.24, 2.45) is 0 Å². The second kappa shape index (κ2) is 4.30. The van der Waals surface area contributed by atoms with Gasteiger partial charge in [-0.2, -0.15) is 0 Å². The van der Waals surface area contributed by atoms with E-state index in [9.17, 15) is 4.79 Å². The normalized spacial score (nSPS) is 20.6. The van der Waals surface area contributed by atoms with Crippen molar-refractivity contribution < 1.29 is 9.53 Å². The molecule has 4 heteroatoms. The highest BCUT2D eigenvalue weighted by atomic mass is 16.5. The van der Waals surface area contributed by atoms with E-state index in [1.54, 1.807) is 0 Å². The Morgan fingerprint density at radius 3 is 3.24 bits per heavy atom. The van der Waals surface area contributed by atoms with Crippen LogP contribution in [0.2, 0.25) is 0 Å². The van der Waals surface area contributed by atoms with Crippen LogP contribution in [0, 0.1) is 0 Å². The van der Waals surface area contributed by atoms with Gasteiger partial charge in [-0.3, -0.25) is 4.79 Å². The van der Waals surface area contributed by atoms with Gasteiger partial charge in [0, 0.05) is 24.3 Å². The van der Waals surface area contributed by atoms with Gasteiger partial charge in [-0.15, -0.1) is 0 Å². The number of rotatable bonds is 2. The summed E-state index contributed by atoms with van der Waals surface area (Å²) in [4.78, 5) is 15.2. The number of fused-ring (bicyclic) bond motifs is 1. The number of ether oxygens (including phenoxy) is 1. The molecule has 3 rings (SSSR count). The molecular formula is C13H14N2O2. The molecule has 0 radical (unpaired) electrons. The number of hydrogen-bond donors (Lipinski definition) is 0. The molecule has 2 aromatic heterocycles. The molecule has 88 valence electrons. The number of carbonyl (C=O) groups excluding carboxylic acids is 1. The summed E-state index contributed by atoms with van der Waals surface area (Å²) in [5.74, 6) is 1.41. The van der Waals surface area contributed by atoms with Gasteiger partial charge in [0.1, 0.15) is 12.1 Å². The van der Waals surface area contributed by atoms with E-state index in [-0.39, 0.29) is 0 Å². The number of hydrogen-bond acceptors (Lipinski definition) is 3. The van der Waals surface area contributed by atoms with Crippen LogP contribution < -0.4 is 0 Å². The van der Waals surface area contributed by atoms with E-state index in [1.807, 2.05) is 28.9 Å². The second-order valence-corrected chi connectivity index (χ2v) is 4.40. The van der Waals surface area contributed by atoms with E-state index in [4.69, 9.17) is 4.74 Å². The van der Waals surface area contributed by atoms with Gasteiger partial charge in [0.25, 0.3) is 0 Å². The van der Waals surface area contributed by atoms with Crippen molar-refractivity contribution in [3.63, 3.8) is 0 Å². The van der Waals surface area contributed by atoms with Crippen LogP contribution in [0.1, 0.15) is 34.9 Å². The average molecular weight is 230 g/mol. The van der Waals surface area contributed by atoms with Crippen molar-refractivity contribution in [3.8, 4) is 0 Å². The molecule has 4 nitrogen and oxygen atoms in total. The standard InChI is InChI=1S/C13H14N2O2/c16-8-10-3-4-15-12(6-10)7-14-13(15)11-2-1-5-17-9-11/h3-4,6-8,11H,1-2,5,9H2. The van der Waals surface area contributed by atoms with Gasteiger partial charge in [0.15, 0.2) is 0 Å². The Morgan fingerprint density at radius 2 is 2.47 bits per heavy atom. The molecule has 0 spiro atoms. The van der Waals surface area contributed by atoms with Crippen LogP contribution in [0.3, 0.4) is 0 Å². The van der Waals surface area contributed by atoms with Crippen molar-refractivity contribution in [1.82, 2.24) is 9.38 Å². The van der Waals surface area contributed by atoms with Crippen molar-refractivity contribution in [1.29, 1.82) is 0 Å². The fourth-order valence-corrected chi connectivity index (χ4v) is 2.36. The van der Waals surface area contributed by atoms with Crippen LogP contribution in [-0.4, -0.2) is 28.9 Å². The number of nitrogens with zero attached hydrogens (tertiary/aromatic N) is 2. The molecule has 1 saturated heterocycles. The number of pyridine rings is 1. The number of aldehydes is 1. The van der Waals surface area contributed by atoms with Crippen LogP contribution in [0.25, 0.3) is 5.52 Å². The fourth-order valence-electron chi connectivity index (χ4n) is 2.36. The SMILES string of the molecule is O=Cc1ccn2c(C3CCCOC3)ncc2c1. The molecule has 17 heavy (non-hydrogen) atoms. The van der Waals surface area contributed by atoms with Gasteiger partial charge < -0.3 is 9.14 Å². The summed E-state index contributed by atoms with van der Waals surface area (Å²) < 4.78 is 7.54. The maximum Gasteiger partial charge on any atom is 0.150 e. The van der Waals surface area contributed by atoms with Gasteiger partial charge in [-0.25, -0.2) is 4.98 Å². The number of carbonyl (C=O) groups is 1. The first-order chi connectivity index (χ1) is 8.38. The van der Waals surface area contributed by atoms with Crippen LogP contribution in [0.15, 0.2) is 24.5 Å². The molecular weight excluding hydrogens is 216 g/mol. The van der Waals surface area contributed by atoms with Gasteiger partial charge in [-0.05, 0) is 25.0 Å². The zero-order chi connectivity index (χ0) is 11.7. The molecule has 1 fully saturated rings. The van der Waals surface area contributed by atoms with Gasteiger partial charge in [-0.1, -0.05) is 0 Å². The van der Waals surface area contributed by atoms with Crippen molar-refractivity contribution in [2.45, 2.75) is 18.8 Å². The average Bonchev–Trinajstić information content (AvgIpc) is 2.82. The molecule has 2 aromatic rings. The minimum atomic E-state index is 0.369. The molecule has 1 aliphatic heterocycles. The monoisotopic (exact) mass is 230 g/mol. The van der Waals surface area contributed by atoms with Gasteiger partial charge in [0.05, 0.1) is 18.3 Å². The maximum atomic E-state index is 10.7. The molecule has 0 N–H and O–H groups in total. The first kappa shape index (κ1) is 10.5. The Hall–Kier alpha value is -1.68. The molecule has 1 unspecified atom stereocenters. The highest BCUT2D eigenvalue weighted by molar-refractivity contribution is 5.77. The highest BCUT2D eigenvalue weighted by Crippen LogP contribution is 2.25. The largest absolute Gasteiger partial charge is 0.381 e. The molecule has 1 aliphatic rings. The summed E-state index contributed by atoms with van der Waals surface area (Å²) in [7, 11) is 0. The Balaban J connectivity index is 2.02. The first-order valence-corrected chi connectivity index (χ1v) is 5.88. The van der Waals surface area contributed by atoms with E-state index in [1.165, 1.54) is 0 Å². The van der Waals surface area contributed by atoms with Crippen molar-refractivity contribution >= 4 is 11.8 Å². The van der Waals surface area contributed by atoms with Gasteiger partial charge in [0.2, 0.25) is 0 Å². The van der Waals surface area contributed by atoms with Gasteiger partial charge >= 0.3 is 0 Å². The Kier molecular flexibility index (Phi) is 2.65. The molecule has 0 saturated carbocycles. The van der Waals surface area contributed by atoms with Crippen LogP contribution in [-0.2, 0) is 4.74 Å². The summed E-state index contributed by atoms with van der Waals surface area (Å²) in [5.41, 5.74) is 1.65. The van der Waals surface area contributed by atoms with E-state index in [0.29, 0.717) is 11.5 Å². The van der Waals surface area contributed by atoms with Crippen molar-refractivity contribution in [2.75, 3.05) is 13.2 Å². The lowest BCUT2D eigenvalue weighted by Crippen LogP contribution is -2.17. The third-order valence-corrected chi connectivity index (χ3v) is 3.25. The third kappa shape index (κ3) is 1.85. The number of imidazole rings is 1. The van der Waals surface area contributed by atoms with E-state index in [0.717, 1.165) is 43.7 Å². The van der Waals surface area contributed by atoms with Crippen LogP contribution in [0.4, 0.5) is 0 Å². The summed E-state index contributed by atoms with van der Waals surface area (Å²) in [6.45, 7) is 1.60. The predicted molar refractivity (Wildman–Crippen MR) is 63.4 cm³/mol. The minimum absolute atomic E-state index is 0.369. The van der Waals surface area contributed by atoms with Crippen LogP contribution in [0.5, 0.6) is 0 Å². The van der Waals surface area contributed by atoms with Crippen molar-refractivity contribution in [3.05, 3.63) is 35.9 Å². The lowest BCUT2D eigenvalue weighted by molar-refractivity contribution is 0.0779. The predicted octanol–water partition coefficient (Wildman–Crippen LogP) is 2.04. The molecule has 0 amide bonds. The third-order valence-electron chi connectivity index (χ3n) is 3.25. The molecule has 0 aliphatic carbocycles. The Bertz CT molecular complexity index is 541. The summed E-state index contributed by atoms with van der Waals surface area (Å²) >= 11 is 0. The second-order valence-electron chi connectivity index (χ2n) is 4.40. The first-order valence-electron chi connectivity index (χ1n) is 5.88. The summed E-state index contributed by atoms with van der Waals surface area (Å²) in [6, 6.07) is 3.67. The molecule has 3 heterocycles. The van der Waals surface area contributed by atoms with E-state index in [2.05, 4.69) is 4.98 Å². The van der Waals surface area contributed by atoms with E-state index >= 15 is 0 Å². The lowest BCUT2D eigenvalue weighted by Gasteiger charge is -2.20. The topological polar surface area (TPSA) is 43.6 Å². The molecule has 0 bridgehead atoms. The Morgan fingerprint density at radius 1 is 1.53 bits per heavy atom. The fraction of sp³-hybridized carbons (Fsp3) is 0.385. The van der Waals surface area contributed by atoms with Crippen LogP contribution >= 0.6 is 0 Å². The zero-order valence-electron chi connectivity index (χ0n) is 9.50. The maximum absolute atomic E-state index is 10.7. The van der Waals surface area contributed by atoms with E-state index < -0.39 is 0 Å². The summed E-state index contributed by atoms with van der Waals surface area (Å²) in [5, 5.41) is 0. The smallest absolute Gasteiger partial charge is 0.150 e. The quantitative estimate of drug-likeness (QED) is 0.741. The lowest BCUT2D eigenvalue weighted by atomic mass is 10.0. The highest BCUT2D eigenvalue weighted by Gasteiger charge is 2.20. The Labute approximate surface area is 99.2 Å². The summed E-state index contributed by atoms with van der Waals surface area (Å²) in [6.07, 6.45) is 6.80. The molecule has 0 aromatic carbocycles.